The normalized spacial score (nSPS) is 11.3. The van der Waals surface area contributed by atoms with Crippen LogP contribution in [0, 0.1) is 11.3 Å². The summed E-state index contributed by atoms with van der Waals surface area (Å²) in [5.41, 5.74) is 6.15. The van der Waals surface area contributed by atoms with E-state index in [1.165, 1.54) is 0 Å². The lowest BCUT2D eigenvalue weighted by Crippen LogP contribution is -1.85. The molecule has 0 radical (unpaired) electrons. The lowest BCUT2D eigenvalue weighted by Gasteiger charge is -2.06. The summed E-state index contributed by atoms with van der Waals surface area (Å²) in [6.07, 6.45) is 0. The highest BCUT2D eigenvalue weighted by atomic mass is 32.1. The molecule has 0 saturated heterocycles. The van der Waals surface area contributed by atoms with E-state index >= 15 is 0 Å². The molecule has 0 bridgehead atoms. The van der Waals surface area contributed by atoms with Crippen molar-refractivity contribution in [3.63, 3.8) is 0 Å². The van der Waals surface area contributed by atoms with Gasteiger partial charge in [0, 0.05) is 21.9 Å². The molecule has 0 spiro atoms. The van der Waals surface area contributed by atoms with Crippen LogP contribution in [0.3, 0.4) is 0 Å². The highest BCUT2D eigenvalue weighted by Gasteiger charge is 2.14. The lowest BCUT2D eigenvalue weighted by molar-refractivity contribution is 0.670. The third-order valence-electron chi connectivity index (χ3n) is 5.32. The van der Waals surface area contributed by atoms with Crippen molar-refractivity contribution in [2.24, 2.45) is 0 Å². The number of nitriles is 1. The Hall–Kier alpha value is -3.94. The summed E-state index contributed by atoms with van der Waals surface area (Å²) in [7, 11) is 0. The average Bonchev–Trinajstić information content (AvgIpc) is 3.40. The Labute approximate surface area is 176 Å². The van der Waals surface area contributed by atoms with Crippen molar-refractivity contribution < 1.29 is 4.42 Å². The number of thiazole rings is 1. The maximum absolute atomic E-state index is 9.66. The van der Waals surface area contributed by atoms with Gasteiger partial charge in [0.15, 0.2) is 0 Å². The highest BCUT2D eigenvalue weighted by Crippen LogP contribution is 2.38. The van der Waals surface area contributed by atoms with Gasteiger partial charge in [-0.25, -0.2) is 4.98 Å². The minimum absolute atomic E-state index is 0.606. The van der Waals surface area contributed by atoms with Gasteiger partial charge in [0.05, 0.1) is 21.8 Å². The number of hydrogen-bond donors (Lipinski definition) is 0. The van der Waals surface area contributed by atoms with Gasteiger partial charge in [-0.2, -0.15) is 5.26 Å². The smallest absolute Gasteiger partial charge is 0.143 e. The van der Waals surface area contributed by atoms with E-state index in [0.717, 1.165) is 53.9 Å². The fraction of sp³-hybridized carbons (Fsp3) is 0. The molecular formula is C26H14N2OS. The first-order valence-electron chi connectivity index (χ1n) is 9.62. The molecule has 0 aliphatic heterocycles. The van der Waals surface area contributed by atoms with Crippen molar-refractivity contribution in [2.75, 3.05) is 0 Å². The zero-order chi connectivity index (χ0) is 20.1. The molecule has 4 heteroatoms. The number of para-hydroxylation sites is 3. The van der Waals surface area contributed by atoms with E-state index in [4.69, 9.17) is 9.40 Å². The van der Waals surface area contributed by atoms with Gasteiger partial charge in [0.2, 0.25) is 0 Å². The second-order valence-electron chi connectivity index (χ2n) is 7.18. The van der Waals surface area contributed by atoms with Gasteiger partial charge in [0.25, 0.3) is 0 Å². The first-order valence-corrected chi connectivity index (χ1v) is 10.4. The molecule has 0 N–H and O–H groups in total. The Balaban J connectivity index is 1.60. The van der Waals surface area contributed by atoms with Gasteiger partial charge in [-0.1, -0.05) is 48.5 Å². The van der Waals surface area contributed by atoms with Crippen molar-refractivity contribution in [1.29, 1.82) is 5.26 Å². The molecule has 0 atom stereocenters. The molecule has 2 aromatic heterocycles. The fourth-order valence-corrected chi connectivity index (χ4v) is 4.89. The summed E-state index contributed by atoms with van der Waals surface area (Å²) in [5, 5.41) is 12.7. The summed E-state index contributed by atoms with van der Waals surface area (Å²) in [6.45, 7) is 0. The number of aromatic nitrogens is 1. The van der Waals surface area contributed by atoms with Crippen LogP contribution >= 0.6 is 11.3 Å². The van der Waals surface area contributed by atoms with E-state index in [1.807, 2.05) is 60.7 Å². The Bertz CT molecular complexity index is 1580. The number of furan rings is 1. The molecule has 140 valence electrons. The molecule has 6 rings (SSSR count). The van der Waals surface area contributed by atoms with E-state index in [-0.39, 0.29) is 0 Å². The minimum atomic E-state index is 0.606. The van der Waals surface area contributed by atoms with Crippen molar-refractivity contribution in [3.05, 3.63) is 90.5 Å². The minimum Gasteiger partial charge on any atom is -0.455 e. The number of benzene rings is 4. The zero-order valence-electron chi connectivity index (χ0n) is 15.8. The third kappa shape index (κ3) is 2.61. The fourth-order valence-electron chi connectivity index (χ4n) is 3.94. The summed E-state index contributed by atoms with van der Waals surface area (Å²) in [6, 6.07) is 30.5. The monoisotopic (exact) mass is 402 g/mol. The highest BCUT2D eigenvalue weighted by molar-refractivity contribution is 7.21. The van der Waals surface area contributed by atoms with E-state index in [2.05, 4.69) is 30.3 Å². The topological polar surface area (TPSA) is 49.8 Å². The van der Waals surface area contributed by atoms with Crippen LogP contribution in [0.1, 0.15) is 5.56 Å². The summed E-state index contributed by atoms with van der Waals surface area (Å²) in [5.74, 6) is 0. The lowest BCUT2D eigenvalue weighted by atomic mass is 9.98. The van der Waals surface area contributed by atoms with Gasteiger partial charge < -0.3 is 4.42 Å². The molecule has 0 fully saturated rings. The molecule has 0 amide bonds. The number of hydrogen-bond acceptors (Lipinski definition) is 4. The quantitative estimate of drug-likeness (QED) is 0.303. The van der Waals surface area contributed by atoms with Crippen LogP contribution in [0.25, 0.3) is 53.9 Å². The first-order chi connectivity index (χ1) is 14.8. The van der Waals surface area contributed by atoms with Crippen LogP contribution in [0.4, 0.5) is 0 Å². The van der Waals surface area contributed by atoms with Gasteiger partial charge >= 0.3 is 0 Å². The number of nitrogens with zero attached hydrogens (tertiary/aromatic N) is 2. The number of rotatable bonds is 2. The molecule has 3 nitrogen and oxygen atoms in total. The molecule has 0 unspecified atom stereocenters. The van der Waals surface area contributed by atoms with Gasteiger partial charge in [-0.05, 0) is 42.0 Å². The van der Waals surface area contributed by atoms with Crippen molar-refractivity contribution in [1.82, 2.24) is 4.98 Å². The van der Waals surface area contributed by atoms with Crippen molar-refractivity contribution in [3.8, 4) is 27.8 Å². The Morgan fingerprint density at radius 3 is 2.50 bits per heavy atom. The molecule has 0 saturated carbocycles. The zero-order valence-corrected chi connectivity index (χ0v) is 16.6. The maximum Gasteiger partial charge on any atom is 0.143 e. The van der Waals surface area contributed by atoms with Gasteiger partial charge in [-0.15, -0.1) is 11.3 Å². The van der Waals surface area contributed by atoms with Crippen molar-refractivity contribution in [2.45, 2.75) is 0 Å². The third-order valence-corrected chi connectivity index (χ3v) is 6.40. The van der Waals surface area contributed by atoms with Crippen LogP contribution in [0.2, 0.25) is 0 Å². The first kappa shape index (κ1) is 17.0. The Morgan fingerprint density at radius 1 is 0.800 bits per heavy atom. The Morgan fingerprint density at radius 2 is 1.60 bits per heavy atom. The largest absolute Gasteiger partial charge is 0.455 e. The van der Waals surface area contributed by atoms with Crippen LogP contribution in [-0.2, 0) is 0 Å². The molecule has 0 aliphatic carbocycles. The molecular weight excluding hydrogens is 388 g/mol. The summed E-state index contributed by atoms with van der Waals surface area (Å²) >= 11 is 1.64. The van der Waals surface area contributed by atoms with E-state index < -0.39 is 0 Å². The standard InChI is InChI=1S/C26H14N2OS/c27-15-16-12-17(14-18(13-16)26-28-22-9-2-4-11-24(22)30-26)19-7-5-8-21-20-6-1-3-10-23(20)29-25(19)21/h1-14H. The van der Waals surface area contributed by atoms with E-state index in [0.29, 0.717) is 5.56 Å². The van der Waals surface area contributed by atoms with Crippen LogP contribution < -0.4 is 0 Å². The molecule has 0 aliphatic rings. The second kappa shape index (κ2) is 6.55. The Kier molecular flexibility index (Phi) is 3.70. The second-order valence-corrected chi connectivity index (χ2v) is 8.21. The average molecular weight is 402 g/mol. The predicted molar refractivity (Wildman–Crippen MR) is 122 cm³/mol. The van der Waals surface area contributed by atoms with Gasteiger partial charge in [-0.3, -0.25) is 0 Å². The molecule has 30 heavy (non-hydrogen) atoms. The number of fused-ring (bicyclic) bond motifs is 4. The van der Waals surface area contributed by atoms with Crippen LogP contribution in [-0.4, -0.2) is 4.98 Å². The van der Waals surface area contributed by atoms with E-state index in [1.54, 1.807) is 11.3 Å². The van der Waals surface area contributed by atoms with Crippen LogP contribution in [0.5, 0.6) is 0 Å². The summed E-state index contributed by atoms with van der Waals surface area (Å²) < 4.78 is 7.34. The SMILES string of the molecule is N#Cc1cc(-c2nc3ccccc3s2)cc(-c2cccc3c2oc2ccccc23)c1. The van der Waals surface area contributed by atoms with Gasteiger partial charge in [0.1, 0.15) is 16.2 Å². The van der Waals surface area contributed by atoms with Crippen molar-refractivity contribution >= 4 is 43.5 Å². The molecule has 6 aromatic rings. The maximum atomic E-state index is 9.66. The predicted octanol–water partition coefficient (Wildman–Crippen LogP) is 7.40. The molecule has 2 heterocycles. The van der Waals surface area contributed by atoms with Crippen LogP contribution in [0.15, 0.2) is 89.3 Å². The summed E-state index contributed by atoms with van der Waals surface area (Å²) in [4.78, 5) is 4.78. The molecule has 4 aromatic carbocycles. The van der Waals surface area contributed by atoms with E-state index in [9.17, 15) is 5.26 Å².